The van der Waals surface area contributed by atoms with E-state index in [0.717, 1.165) is 5.56 Å². The van der Waals surface area contributed by atoms with E-state index in [1.807, 2.05) is 17.0 Å². The second-order valence-electron chi connectivity index (χ2n) is 10.1. The minimum Gasteiger partial charge on any atom is -0.372 e. The van der Waals surface area contributed by atoms with Crippen molar-refractivity contribution < 1.29 is 40.7 Å². The number of hydrogen-bond donors (Lipinski definition) is 3. The summed E-state index contributed by atoms with van der Waals surface area (Å²) in [6.07, 6.45) is -10.3. The van der Waals surface area contributed by atoms with Crippen molar-refractivity contribution >= 4 is 11.9 Å². The molecule has 2 fully saturated rings. The predicted octanol–water partition coefficient (Wildman–Crippen LogP) is 4.33. The van der Waals surface area contributed by atoms with Gasteiger partial charge in [-0.2, -0.15) is 26.3 Å². The van der Waals surface area contributed by atoms with E-state index < -0.39 is 46.7 Å². The zero-order valence-electron chi connectivity index (χ0n) is 21.0. The van der Waals surface area contributed by atoms with Crippen LogP contribution in [0.5, 0.6) is 0 Å². The van der Waals surface area contributed by atoms with Crippen molar-refractivity contribution in [2.24, 2.45) is 5.73 Å². The zero-order valence-corrected chi connectivity index (χ0v) is 21.0. The van der Waals surface area contributed by atoms with E-state index in [4.69, 9.17) is 10.5 Å². The Bertz CT molecular complexity index is 1190. The van der Waals surface area contributed by atoms with Crippen molar-refractivity contribution in [3.8, 4) is 0 Å². The second kappa shape index (κ2) is 10.3. The van der Waals surface area contributed by atoms with Gasteiger partial charge in [-0.15, -0.1) is 0 Å². The second-order valence-corrected chi connectivity index (χ2v) is 10.1. The lowest BCUT2D eigenvalue weighted by molar-refractivity contribution is -0.143. The van der Waals surface area contributed by atoms with Crippen LogP contribution in [0.4, 0.5) is 31.1 Å². The number of urea groups is 1. The molecule has 2 aliphatic rings. The summed E-state index contributed by atoms with van der Waals surface area (Å²) in [7, 11) is 0. The molecule has 2 aromatic rings. The number of halogens is 6. The highest BCUT2D eigenvalue weighted by Gasteiger charge is 2.53. The summed E-state index contributed by atoms with van der Waals surface area (Å²) in [5, 5.41) is 5.47. The van der Waals surface area contributed by atoms with Crippen molar-refractivity contribution in [2.45, 2.75) is 49.3 Å². The van der Waals surface area contributed by atoms with Crippen molar-refractivity contribution in [1.82, 2.24) is 15.5 Å². The number of piperidine rings is 1. The van der Waals surface area contributed by atoms with E-state index in [1.54, 1.807) is 18.2 Å². The number of amides is 3. The molecule has 212 valence electrons. The molecule has 4 atom stereocenters. The van der Waals surface area contributed by atoms with E-state index in [2.05, 4.69) is 10.6 Å². The topological polar surface area (TPSA) is 96.7 Å². The zero-order chi connectivity index (χ0) is 28.6. The highest BCUT2D eigenvalue weighted by Crippen LogP contribution is 2.44. The van der Waals surface area contributed by atoms with Gasteiger partial charge in [0, 0.05) is 13.1 Å². The maximum atomic E-state index is 13.4. The number of ether oxygens (including phenoxy) is 1. The third kappa shape index (κ3) is 6.14. The number of nitrogens with two attached hydrogens (primary N) is 1. The largest absolute Gasteiger partial charge is 0.416 e. The van der Waals surface area contributed by atoms with Crippen molar-refractivity contribution in [1.29, 1.82) is 0 Å². The summed E-state index contributed by atoms with van der Waals surface area (Å²) in [4.78, 5) is 25.9. The van der Waals surface area contributed by atoms with Crippen LogP contribution in [0, 0.1) is 0 Å². The quantitative estimate of drug-likeness (QED) is 0.441. The van der Waals surface area contributed by atoms with Crippen molar-refractivity contribution in [2.75, 3.05) is 26.2 Å². The van der Waals surface area contributed by atoms with Gasteiger partial charge in [0.15, 0.2) is 0 Å². The molecule has 2 aromatic carbocycles. The number of carbonyl (C=O) groups is 2. The molecule has 0 aliphatic carbocycles. The Balaban J connectivity index is 1.65. The Hall–Kier alpha value is -3.32. The predicted molar refractivity (Wildman–Crippen MR) is 128 cm³/mol. The number of alkyl halides is 6. The molecule has 2 saturated heterocycles. The SMILES string of the molecule is C[C@@H](OC[C@@]1(c2ccccc2)CC[C@]2(CNC(N)=O)CN1CC(=O)N2)c1cc(C(F)(F)F)cc(C(F)(F)F)c1. The first-order chi connectivity index (χ1) is 18.1. The fraction of sp³-hybridized carbons (Fsp3) is 0.462. The lowest BCUT2D eigenvalue weighted by Gasteiger charge is -2.57. The van der Waals surface area contributed by atoms with Crippen LogP contribution in [0.15, 0.2) is 48.5 Å². The molecule has 2 heterocycles. The van der Waals surface area contributed by atoms with E-state index in [0.29, 0.717) is 31.5 Å². The monoisotopic (exact) mass is 558 g/mol. The molecule has 2 bridgehead atoms. The van der Waals surface area contributed by atoms with Crippen LogP contribution in [0.3, 0.4) is 0 Å². The average molecular weight is 559 g/mol. The maximum Gasteiger partial charge on any atom is 0.416 e. The Labute approximate surface area is 220 Å². The van der Waals surface area contributed by atoms with Gasteiger partial charge in [-0.05, 0) is 49.1 Å². The molecule has 0 aromatic heterocycles. The van der Waals surface area contributed by atoms with Crippen LogP contribution in [-0.4, -0.2) is 48.6 Å². The van der Waals surface area contributed by atoms with Crippen LogP contribution in [0.2, 0.25) is 0 Å². The molecular formula is C26H28F6N4O3. The number of nitrogens with zero attached hydrogens (tertiary/aromatic N) is 1. The number of nitrogens with one attached hydrogen (secondary N) is 2. The van der Waals surface area contributed by atoms with E-state index in [9.17, 15) is 35.9 Å². The summed E-state index contributed by atoms with van der Waals surface area (Å²) in [6, 6.07) is 9.71. The third-order valence-electron chi connectivity index (χ3n) is 7.42. The summed E-state index contributed by atoms with van der Waals surface area (Å²) in [5.41, 5.74) is 1.20. The number of rotatable bonds is 7. The van der Waals surface area contributed by atoms with Crippen LogP contribution in [-0.2, 0) is 27.4 Å². The fourth-order valence-electron chi connectivity index (χ4n) is 5.36. The highest BCUT2D eigenvalue weighted by molar-refractivity contribution is 5.80. The fourth-order valence-corrected chi connectivity index (χ4v) is 5.36. The first-order valence-electron chi connectivity index (χ1n) is 12.2. The third-order valence-corrected chi connectivity index (χ3v) is 7.42. The molecule has 4 N–H and O–H groups in total. The first-order valence-corrected chi connectivity index (χ1v) is 12.2. The molecule has 1 unspecified atom stereocenters. The Morgan fingerprint density at radius 1 is 1.08 bits per heavy atom. The highest BCUT2D eigenvalue weighted by atomic mass is 19.4. The standard InChI is InChI=1S/C26H28F6N4O3/c1-16(17-9-19(25(27,28)29)11-20(10-17)26(30,31)32)39-15-24(18-5-3-2-4-6-18)8-7-23(13-34-22(33)38)14-36(24)12-21(37)35-23/h2-6,9-11,16H,7-8,12-15H2,1H3,(H,35,37)(H3,33,34,38)/t16-,23+,24-/m1/s1. The summed E-state index contributed by atoms with van der Waals surface area (Å²) in [5.74, 6) is -0.298. The Kier molecular flexibility index (Phi) is 7.60. The van der Waals surface area contributed by atoms with Gasteiger partial charge in [-0.25, -0.2) is 4.79 Å². The lowest BCUT2D eigenvalue weighted by Crippen LogP contribution is -2.74. The molecular weight excluding hydrogens is 530 g/mol. The minimum absolute atomic E-state index is 0.0211. The Morgan fingerprint density at radius 3 is 2.26 bits per heavy atom. The van der Waals surface area contributed by atoms with E-state index in [-0.39, 0.29) is 37.2 Å². The molecule has 7 nitrogen and oxygen atoms in total. The van der Waals surface area contributed by atoms with Gasteiger partial charge in [0.05, 0.1) is 41.5 Å². The summed E-state index contributed by atoms with van der Waals surface area (Å²) < 4.78 is 86.4. The molecule has 3 amide bonds. The van der Waals surface area contributed by atoms with Crippen molar-refractivity contribution in [3.05, 3.63) is 70.8 Å². The minimum atomic E-state index is -4.98. The molecule has 0 saturated carbocycles. The molecule has 39 heavy (non-hydrogen) atoms. The first kappa shape index (κ1) is 28.7. The molecule has 2 aliphatic heterocycles. The van der Waals surface area contributed by atoms with Gasteiger partial charge < -0.3 is 21.1 Å². The number of piperazine rings is 1. The van der Waals surface area contributed by atoms with Gasteiger partial charge in [0.2, 0.25) is 5.91 Å². The number of carbonyl (C=O) groups excluding carboxylic acids is 2. The molecule has 0 spiro atoms. The normalized spacial score (nSPS) is 26.0. The van der Waals surface area contributed by atoms with Crippen LogP contribution in [0.25, 0.3) is 0 Å². The van der Waals surface area contributed by atoms with E-state index >= 15 is 0 Å². The van der Waals surface area contributed by atoms with Gasteiger partial charge in [-0.3, -0.25) is 9.69 Å². The van der Waals surface area contributed by atoms with Crippen molar-refractivity contribution in [3.63, 3.8) is 0 Å². The number of benzene rings is 2. The average Bonchev–Trinajstić information content (AvgIpc) is 2.86. The summed E-state index contributed by atoms with van der Waals surface area (Å²) in [6.45, 7) is 1.67. The Morgan fingerprint density at radius 2 is 1.69 bits per heavy atom. The number of hydrogen-bond acceptors (Lipinski definition) is 4. The van der Waals surface area contributed by atoms with Gasteiger partial charge >= 0.3 is 18.4 Å². The maximum absolute atomic E-state index is 13.4. The number of fused-ring (bicyclic) bond motifs is 2. The lowest BCUT2D eigenvalue weighted by atomic mass is 9.73. The van der Waals surface area contributed by atoms with E-state index in [1.165, 1.54) is 6.92 Å². The van der Waals surface area contributed by atoms with Gasteiger partial charge in [0.25, 0.3) is 0 Å². The number of primary amides is 1. The molecule has 13 heteroatoms. The van der Waals surface area contributed by atoms with Crippen LogP contribution < -0.4 is 16.4 Å². The summed E-state index contributed by atoms with van der Waals surface area (Å²) >= 11 is 0. The van der Waals surface area contributed by atoms with Crippen LogP contribution >= 0.6 is 0 Å². The van der Waals surface area contributed by atoms with Crippen LogP contribution in [0.1, 0.15) is 48.1 Å². The molecule has 0 radical (unpaired) electrons. The smallest absolute Gasteiger partial charge is 0.372 e. The molecule has 4 rings (SSSR count). The van der Waals surface area contributed by atoms with Gasteiger partial charge in [0.1, 0.15) is 0 Å². The van der Waals surface area contributed by atoms with Gasteiger partial charge in [-0.1, -0.05) is 30.3 Å².